The maximum atomic E-state index is 12.4. The average Bonchev–Trinajstić information content (AvgIpc) is 3.39. The number of rotatable bonds is 9. The molecule has 10 heteroatoms. The highest BCUT2D eigenvalue weighted by molar-refractivity contribution is 7.99. The number of hydrogen-bond acceptors (Lipinski definition) is 8. The van der Waals surface area contributed by atoms with Crippen molar-refractivity contribution in [3.05, 3.63) is 47.3 Å². The SMILES string of the molecule is C=CCn1c(SCC(=O)Nc2cc(C)c(C(=O)OCC)s2)nnc1-c1ccoc1C. The van der Waals surface area contributed by atoms with Crippen molar-refractivity contribution >= 4 is 40.0 Å². The summed E-state index contributed by atoms with van der Waals surface area (Å²) in [5, 5.41) is 12.5. The molecule has 0 atom stereocenters. The van der Waals surface area contributed by atoms with E-state index in [1.807, 2.05) is 24.5 Å². The standard InChI is InChI=1S/C20H22N4O4S2/c1-5-8-24-18(14-7-9-28-13(14)4)22-23-20(24)29-11-15(25)21-16-10-12(3)17(30-16)19(26)27-6-2/h5,7,9-10H,1,6,8,11H2,2-4H3,(H,21,25). The predicted octanol–water partition coefficient (Wildman–Crippen LogP) is 4.31. The van der Waals surface area contributed by atoms with Gasteiger partial charge in [0.25, 0.3) is 0 Å². The van der Waals surface area contributed by atoms with Crippen LogP contribution in [-0.2, 0) is 16.1 Å². The fourth-order valence-corrected chi connectivity index (χ4v) is 4.48. The van der Waals surface area contributed by atoms with E-state index in [0.29, 0.717) is 34.0 Å². The van der Waals surface area contributed by atoms with Crippen LogP contribution in [0.1, 0.15) is 27.9 Å². The molecule has 3 aromatic heterocycles. The number of esters is 1. The summed E-state index contributed by atoms with van der Waals surface area (Å²) in [6.07, 6.45) is 3.35. The smallest absolute Gasteiger partial charge is 0.348 e. The summed E-state index contributed by atoms with van der Waals surface area (Å²) in [6.45, 7) is 10.0. The lowest BCUT2D eigenvalue weighted by molar-refractivity contribution is -0.113. The van der Waals surface area contributed by atoms with Gasteiger partial charge in [0.05, 0.1) is 29.2 Å². The quantitative estimate of drug-likeness (QED) is 0.297. The number of ether oxygens (including phenoxy) is 1. The number of thiophene rings is 1. The maximum absolute atomic E-state index is 12.4. The van der Waals surface area contributed by atoms with E-state index >= 15 is 0 Å². The lowest BCUT2D eigenvalue weighted by atomic mass is 10.2. The fraction of sp³-hybridized carbons (Fsp3) is 0.300. The van der Waals surface area contributed by atoms with Crippen molar-refractivity contribution in [3.63, 3.8) is 0 Å². The number of amides is 1. The first-order chi connectivity index (χ1) is 14.4. The zero-order valence-corrected chi connectivity index (χ0v) is 18.6. The Hall–Kier alpha value is -2.85. The van der Waals surface area contributed by atoms with Crippen LogP contribution in [0.5, 0.6) is 0 Å². The van der Waals surface area contributed by atoms with Crippen molar-refractivity contribution in [1.82, 2.24) is 14.8 Å². The molecule has 1 amide bonds. The van der Waals surface area contributed by atoms with Crippen molar-refractivity contribution in [2.75, 3.05) is 17.7 Å². The Kier molecular flexibility index (Phi) is 7.11. The number of carbonyl (C=O) groups is 2. The summed E-state index contributed by atoms with van der Waals surface area (Å²) in [6, 6.07) is 3.60. The molecule has 0 radical (unpaired) electrons. The molecule has 0 saturated carbocycles. The molecule has 0 fully saturated rings. The number of thioether (sulfide) groups is 1. The highest BCUT2D eigenvalue weighted by Gasteiger charge is 2.19. The number of nitrogens with one attached hydrogen (secondary N) is 1. The van der Waals surface area contributed by atoms with E-state index in [9.17, 15) is 9.59 Å². The summed E-state index contributed by atoms with van der Waals surface area (Å²) >= 11 is 2.48. The fourth-order valence-electron chi connectivity index (χ4n) is 2.75. The summed E-state index contributed by atoms with van der Waals surface area (Å²) in [4.78, 5) is 24.9. The monoisotopic (exact) mass is 446 g/mol. The van der Waals surface area contributed by atoms with Crippen molar-refractivity contribution in [2.45, 2.75) is 32.5 Å². The van der Waals surface area contributed by atoms with Crippen molar-refractivity contribution in [1.29, 1.82) is 0 Å². The molecule has 3 heterocycles. The molecule has 0 aromatic carbocycles. The molecule has 0 unspecified atom stereocenters. The lowest BCUT2D eigenvalue weighted by Crippen LogP contribution is -2.13. The Bertz CT molecular complexity index is 1070. The van der Waals surface area contributed by atoms with Crippen molar-refractivity contribution in [3.8, 4) is 11.4 Å². The molecular formula is C20H22N4O4S2. The molecule has 0 saturated heterocycles. The molecule has 3 aromatic rings. The zero-order chi connectivity index (χ0) is 21.7. The van der Waals surface area contributed by atoms with Gasteiger partial charge in [0.2, 0.25) is 5.91 Å². The van der Waals surface area contributed by atoms with Crippen molar-refractivity contribution < 1.29 is 18.7 Å². The summed E-state index contributed by atoms with van der Waals surface area (Å²) in [7, 11) is 0. The van der Waals surface area contributed by atoms with Gasteiger partial charge in [0, 0.05) is 6.54 Å². The van der Waals surface area contributed by atoms with E-state index in [0.717, 1.165) is 16.9 Å². The van der Waals surface area contributed by atoms with Gasteiger partial charge in [-0.1, -0.05) is 17.8 Å². The second kappa shape index (κ2) is 9.77. The van der Waals surface area contributed by atoms with Crippen LogP contribution in [0.25, 0.3) is 11.4 Å². The number of nitrogens with zero attached hydrogens (tertiary/aromatic N) is 3. The first-order valence-corrected chi connectivity index (χ1v) is 11.0. The number of anilines is 1. The number of furan rings is 1. The molecule has 0 aliphatic heterocycles. The second-order valence-corrected chi connectivity index (χ2v) is 8.27. The first-order valence-electron chi connectivity index (χ1n) is 9.23. The summed E-state index contributed by atoms with van der Waals surface area (Å²) in [5.74, 6) is 0.968. The number of hydrogen-bond donors (Lipinski definition) is 1. The highest BCUT2D eigenvalue weighted by atomic mass is 32.2. The van der Waals surface area contributed by atoms with Gasteiger partial charge in [0.15, 0.2) is 11.0 Å². The van der Waals surface area contributed by atoms with Crippen LogP contribution in [0.4, 0.5) is 5.00 Å². The van der Waals surface area contributed by atoms with Crippen LogP contribution in [-0.4, -0.2) is 39.0 Å². The van der Waals surface area contributed by atoms with E-state index < -0.39 is 0 Å². The largest absolute Gasteiger partial charge is 0.469 e. The third-order valence-corrected chi connectivity index (χ3v) is 6.20. The van der Waals surface area contributed by atoms with E-state index in [2.05, 4.69) is 22.1 Å². The molecular weight excluding hydrogens is 424 g/mol. The van der Waals surface area contributed by atoms with Crippen LogP contribution in [0, 0.1) is 13.8 Å². The molecule has 158 valence electrons. The topological polar surface area (TPSA) is 99.2 Å². The normalized spacial score (nSPS) is 10.8. The van der Waals surface area contributed by atoms with Gasteiger partial charge in [-0.2, -0.15) is 0 Å². The predicted molar refractivity (Wildman–Crippen MR) is 117 cm³/mol. The molecule has 1 N–H and O–H groups in total. The minimum absolute atomic E-state index is 0.144. The molecule has 30 heavy (non-hydrogen) atoms. The third-order valence-electron chi connectivity index (χ3n) is 4.10. The Morgan fingerprint density at radius 2 is 2.20 bits per heavy atom. The minimum atomic E-state index is -0.380. The summed E-state index contributed by atoms with van der Waals surface area (Å²) < 4.78 is 12.3. The van der Waals surface area contributed by atoms with Crippen molar-refractivity contribution in [2.24, 2.45) is 0 Å². The Balaban J connectivity index is 1.67. The van der Waals surface area contributed by atoms with Crippen LogP contribution >= 0.6 is 23.1 Å². The van der Waals surface area contributed by atoms with Crippen LogP contribution in [0.2, 0.25) is 0 Å². The molecule has 0 spiro atoms. The van der Waals surface area contributed by atoms with E-state index in [4.69, 9.17) is 9.15 Å². The maximum Gasteiger partial charge on any atom is 0.348 e. The Morgan fingerprint density at radius 1 is 1.40 bits per heavy atom. The zero-order valence-electron chi connectivity index (χ0n) is 16.9. The van der Waals surface area contributed by atoms with Crippen LogP contribution in [0.15, 0.2) is 40.6 Å². The number of allylic oxidation sites excluding steroid dienone is 1. The van der Waals surface area contributed by atoms with Gasteiger partial charge in [-0.25, -0.2) is 4.79 Å². The molecule has 0 bridgehead atoms. The van der Waals surface area contributed by atoms with Crippen LogP contribution in [0.3, 0.4) is 0 Å². The van der Waals surface area contributed by atoms with E-state index in [-0.39, 0.29) is 17.6 Å². The van der Waals surface area contributed by atoms with Gasteiger partial charge in [-0.15, -0.1) is 28.1 Å². The van der Waals surface area contributed by atoms with E-state index in [1.54, 1.807) is 25.3 Å². The van der Waals surface area contributed by atoms with Gasteiger partial charge in [0.1, 0.15) is 10.6 Å². The molecule has 0 aliphatic rings. The number of aromatic nitrogens is 3. The first kappa shape index (κ1) is 21.8. The third kappa shape index (κ3) is 4.82. The van der Waals surface area contributed by atoms with Crippen LogP contribution < -0.4 is 5.32 Å². The summed E-state index contributed by atoms with van der Waals surface area (Å²) in [5.41, 5.74) is 1.62. The molecule has 3 rings (SSSR count). The van der Waals surface area contributed by atoms with Gasteiger partial charge in [-0.3, -0.25) is 9.36 Å². The van der Waals surface area contributed by atoms with Gasteiger partial charge < -0.3 is 14.5 Å². The number of carbonyl (C=O) groups excluding carboxylic acids is 2. The Labute approximate surface area is 182 Å². The molecule has 0 aliphatic carbocycles. The Morgan fingerprint density at radius 3 is 2.87 bits per heavy atom. The number of aryl methyl sites for hydroxylation is 2. The minimum Gasteiger partial charge on any atom is -0.469 e. The second-order valence-electron chi connectivity index (χ2n) is 6.28. The lowest BCUT2D eigenvalue weighted by Gasteiger charge is -2.07. The average molecular weight is 447 g/mol. The van der Waals surface area contributed by atoms with Gasteiger partial charge in [-0.05, 0) is 38.5 Å². The van der Waals surface area contributed by atoms with E-state index in [1.165, 1.54) is 23.1 Å². The molecule has 8 nitrogen and oxygen atoms in total. The highest BCUT2D eigenvalue weighted by Crippen LogP contribution is 2.29. The van der Waals surface area contributed by atoms with Gasteiger partial charge >= 0.3 is 5.97 Å².